The first-order chi connectivity index (χ1) is 33.7. The van der Waals surface area contributed by atoms with Crippen molar-refractivity contribution in [2.75, 3.05) is 9.80 Å². The fourth-order valence-electron chi connectivity index (χ4n) is 12.7. The molecule has 0 saturated heterocycles. The van der Waals surface area contributed by atoms with Crippen molar-refractivity contribution in [2.24, 2.45) is 0 Å². The van der Waals surface area contributed by atoms with Crippen LogP contribution in [0.25, 0.3) is 33.4 Å². The van der Waals surface area contributed by atoms with Crippen molar-refractivity contribution in [1.29, 1.82) is 0 Å². The Bertz CT molecular complexity index is 3290. The lowest BCUT2D eigenvalue weighted by atomic mass is 9.63. The van der Waals surface area contributed by atoms with Gasteiger partial charge in [-0.05, 0) is 193 Å². The molecule has 3 aliphatic carbocycles. The van der Waals surface area contributed by atoms with Gasteiger partial charge < -0.3 is 9.80 Å². The third-order valence-electron chi connectivity index (χ3n) is 17.1. The highest BCUT2D eigenvalue weighted by molar-refractivity contribution is 6.31. The fraction of sp³-hybridized carbons (Fsp3) is 0.294. The number of anilines is 6. The maximum Gasteiger partial charge on any atom is 0.0497 e. The van der Waals surface area contributed by atoms with Gasteiger partial charge in [0.1, 0.15) is 0 Å². The Morgan fingerprint density at radius 3 is 1.44 bits per heavy atom. The van der Waals surface area contributed by atoms with Crippen LogP contribution in [0.15, 0.2) is 170 Å². The van der Waals surface area contributed by atoms with E-state index in [0.29, 0.717) is 5.02 Å². The van der Waals surface area contributed by atoms with Gasteiger partial charge in [0, 0.05) is 44.6 Å². The van der Waals surface area contributed by atoms with E-state index in [4.69, 9.17) is 11.6 Å². The number of rotatable bonds is 8. The summed E-state index contributed by atoms with van der Waals surface area (Å²) in [6.07, 6.45) is 4.64. The van der Waals surface area contributed by atoms with E-state index < -0.39 is 0 Å². The van der Waals surface area contributed by atoms with E-state index in [2.05, 4.69) is 256 Å². The molecule has 0 bridgehead atoms. The highest BCUT2D eigenvalue weighted by atomic mass is 35.5. The van der Waals surface area contributed by atoms with Crippen molar-refractivity contribution in [3.8, 4) is 33.4 Å². The maximum absolute atomic E-state index is 7.50. The predicted molar refractivity (Wildman–Crippen MR) is 305 cm³/mol. The van der Waals surface area contributed by atoms with E-state index in [9.17, 15) is 0 Å². The number of nitrogens with zero attached hydrogens (tertiary/aromatic N) is 2. The van der Waals surface area contributed by atoms with Gasteiger partial charge in [0.15, 0.2) is 0 Å². The van der Waals surface area contributed by atoms with Crippen LogP contribution < -0.4 is 9.80 Å². The van der Waals surface area contributed by atoms with Gasteiger partial charge >= 0.3 is 0 Å². The summed E-state index contributed by atoms with van der Waals surface area (Å²) in [5, 5.41) is 0.683. The molecule has 0 atom stereocenters. The van der Waals surface area contributed by atoms with Gasteiger partial charge in [-0.2, -0.15) is 0 Å². The lowest BCUT2D eigenvalue weighted by molar-refractivity contribution is 0.332. The number of halogens is 1. The highest BCUT2D eigenvalue weighted by Gasteiger charge is 2.40. The molecule has 8 aromatic carbocycles. The smallest absolute Gasteiger partial charge is 0.0497 e. The second kappa shape index (κ2) is 16.9. The van der Waals surface area contributed by atoms with Crippen LogP contribution in [0.2, 0.25) is 5.02 Å². The molecule has 0 fully saturated rings. The van der Waals surface area contributed by atoms with E-state index in [1.807, 2.05) is 0 Å². The van der Waals surface area contributed by atoms with Crippen LogP contribution in [0, 0.1) is 6.92 Å². The molecule has 11 rings (SSSR count). The SMILES string of the molecule is Cc1cc(-c2ccccc2)ccc1N(c1ccc(-c2cccc3c2C(C)(C)c2ccccc2-3)cc1)c1cc(Cl)cc(N(c2ccc3c(c2)C(C)(C)CCC3(C)C)c2ccc3c(c2)C(C)(C)CCC3(C)C)c1. The molecule has 0 amide bonds. The standard InChI is InChI=1S/C68H69ClN2/c1-44-38-47(45-18-13-12-14-19-45)26-33-62(44)71(49-27-24-46(25-28-49)54-21-17-22-56-55-20-15-16-23-57(55)68(10,11)63(54)56)53-40-48(69)39-52(41-53)70(50-29-31-58-60(42-50)66(6,7)36-34-64(58,2)3)51-30-32-59-61(43-51)67(8,9)37-35-65(59,4)5/h12-33,38-43H,34-37H2,1-11H3. The molecular weight excluding hydrogens is 880 g/mol. The van der Waals surface area contributed by atoms with Crippen molar-refractivity contribution < 1.29 is 0 Å². The summed E-state index contributed by atoms with van der Waals surface area (Å²) in [7, 11) is 0. The van der Waals surface area contributed by atoms with Crippen LogP contribution in [0.3, 0.4) is 0 Å². The monoisotopic (exact) mass is 949 g/mol. The number of hydrogen-bond donors (Lipinski definition) is 0. The Kier molecular flexibility index (Phi) is 11.2. The minimum Gasteiger partial charge on any atom is -0.310 e. The number of fused-ring (bicyclic) bond motifs is 5. The maximum atomic E-state index is 7.50. The third kappa shape index (κ3) is 8.02. The highest BCUT2D eigenvalue weighted by Crippen LogP contribution is 2.54. The zero-order valence-electron chi connectivity index (χ0n) is 43.8. The Labute approximate surface area is 429 Å². The Morgan fingerprint density at radius 2 is 0.845 bits per heavy atom. The summed E-state index contributed by atoms with van der Waals surface area (Å²) in [6.45, 7) is 26.3. The molecule has 0 heterocycles. The molecule has 0 saturated carbocycles. The Morgan fingerprint density at radius 1 is 0.352 bits per heavy atom. The van der Waals surface area contributed by atoms with Crippen molar-refractivity contribution >= 4 is 45.7 Å². The lowest BCUT2D eigenvalue weighted by Crippen LogP contribution is -2.34. The summed E-state index contributed by atoms with van der Waals surface area (Å²) in [6, 6.07) is 63.7. The second-order valence-electron chi connectivity index (χ2n) is 24.1. The molecule has 8 aromatic rings. The molecule has 0 spiro atoms. The van der Waals surface area contributed by atoms with Crippen molar-refractivity contribution in [3.63, 3.8) is 0 Å². The minimum atomic E-state index is -0.123. The van der Waals surface area contributed by atoms with Gasteiger partial charge in [-0.1, -0.05) is 184 Å². The number of aryl methyl sites for hydroxylation is 1. The predicted octanol–water partition coefficient (Wildman–Crippen LogP) is 19.9. The average molecular weight is 950 g/mol. The van der Waals surface area contributed by atoms with Gasteiger partial charge in [0.05, 0.1) is 0 Å². The Balaban J connectivity index is 1.10. The largest absolute Gasteiger partial charge is 0.310 e. The summed E-state index contributed by atoms with van der Waals surface area (Å²) in [4.78, 5) is 4.89. The van der Waals surface area contributed by atoms with Crippen LogP contribution in [-0.2, 0) is 27.1 Å². The quantitative estimate of drug-likeness (QED) is 0.150. The van der Waals surface area contributed by atoms with Crippen molar-refractivity contribution in [2.45, 2.75) is 129 Å². The molecule has 0 aromatic heterocycles. The topological polar surface area (TPSA) is 6.48 Å². The van der Waals surface area contributed by atoms with Crippen LogP contribution in [0.1, 0.15) is 134 Å². The fourth-order valence-corrected chi connectivity index (χ4v) is 12.9. The van der Waals surface area contributed by atoms with Crippen LogP contribution in [-0.4, -0.2) is 0 Å². The minimum absolute atomic E-state index is 0.0415. The molecule has 71 heavy (non-hydrogen) atoms. The molecule has 0 radical (unpaired) electrons. The summed E-state index contributed by atoms with van der Waals surface area (Å²) >= 11 is 7.50. The van der Waals surface area contributed by atoms with Gasteiger partial charge in [-0.25, -0.2) is 0 Å². The normalized spacial score (nSPS) is 17.4. The van der Waals surface area contributed by atoms with Gasteiger partial charge in [0.2, 0.25) is 0 Å². The van der Waals surface area contributed by atoms with Crippen LogP contribution in [0.4, 0.5) is 34.1 Å². The van der Waals surface area contributed by atoms with Gasteiger partial charge in [0.25, 0.3) is 0 Å². The first kappa shape index (κ1) is 47.0. The van der Waals surface area contributed by atoms with Crippen molar-refractivity contribution in [3.05, 3.63) is 214 Å². The first-order valence-corrected chi connectivity index (χ1v) is 26.3. The average Bonchev–Trinajstić information content (AvgIpc) is 3.59. The summed E-state index contributed by atoms with van der Waals surface area (Å²) < 4.78 is 0. The third-order valence-corrected chi connectivity index (χ3v) is 17.4. The van der Waals surface area contributed by atoms with Crippen LogP contribution >= 0.6 is 11.6 Å². The lowest BCUT2D eigenvalue weighted by Gasteiger charge is -2.43. The molecular formula is C68H69ClN2. The molecule has 358 valence electrons. The van der Waals surface area contributed by atoms with E-state index in [1.54, 1.807) is 0 Å². The van der Waals surface area contributed by atoms with E-state index in [0.717, 1.165) is 47.0 Å². The van der Waals surface area contributed by atoms with Gasteiger partial charge in [-0.15, -0.1) is 0 Å². The summed E-state index contributed by atoms with van der Waals surface area (Å²) in [5.41, 5.74) is 23.9. The molecule has 3 heteroatoms. The molecule has 2 nitrogen and oxygen atoms in total. The summed E-state index contributed by atoms with van der Waals surface area (Å²) in [5.74, 6) is 0. The molecule has 0 unspecified atom stereocenters. The van der Waals surface area contributed by atoms with Crippen molar-refractivity contribution in [1.82, 2.24) is 0 Å². The van der Waals surface area contributed by atoms with Gasteiger partial charge in [-0.3, -0.25) is 0 Å². The van der Waals surface area contributed by atoms with Crippen LogP contribution in [0.5, 0.6) is 0 Å². The zero-order valence-corrected chi connectivity index (χ0v) is 44.5. The van der Waals surface area contributed by atoms with E-state index in [1.165, 1.54) is 85.2 Å². The molecule has 0 N–H and O–H groups in total. The zero-order chi connectivity index (χ0) is 49.8. The first-order valence-electron chi connectivity index (χ1n) is 25.9. The molecule has 0 aliphatic heterocycles. The second-order valence-corrected chi connectivity index (χ2v) is 24.6. The van der Waals surface area contributed by atoms with E-state index >= 15 is 0 Å². The Hall–Kier alpha value is -6.35. The number of hydrogen-bond acceptors (Lipinski definition) is 2. The van der Waals surface area contributed by atoms with E-state index in [-0.39, 0.29) is 27.1 Å². The number of benzene rings is 8. The molecule has 3 aliphatic rings.